The number of nitrogens with zero attached hydrogens (tertiary/aromatic N) is 9. The summed E-state index contributed by atoms with van der Waals surface area (Å²) in [4.78, 5) is 14.5. The van der Waals surface area contributed by atoms with E-state index in [1.807, 2.05) is 30.0 Å². The van der Waals surface area contributed by atoms with Crippen LogP contribution in [-0.4, -0.2) is 70.1 Å². The number of piperazine rings is 1. The number of hydrogen-bond acceptors (Lipinski definition) is 8. The second kappa shape index (κ2) is 6.77. The fourth-order valence-electron chi connectivity index (χ4n) is 3.04. The van der Waals surface area contributed by atoms with Crippen molar-refractivity contribution in [2.75, 3.05) is 55.0 Å². The zero-order chi connectivity index (χ0) is 19.9. The molecule has 0 bridgehead atoms. The molecule has 28 heavy (non-hydrogen) atoms. The third kappa shape index (κ3) is 3.37. The van der Waals surface area contributed by atoms with Gasteiger partial charge in [0.05, 0.1) is 0 Å². The molecule has 0 unspecified atom stereocenters. The molecule has 3 aromatic heterocycles. The maximum absolute atomic E-state index is 13.1. The lowest BCUT2D eigenvalue weighted by Crippen LogP contribution is -2.47. The largest absolute Gasteiger partial charge is 0.453 e. The van der Waals surface area contributed by atoms with E-state index in [0.717, 1.165) is 16.2 Å². The summed E-state index contributed by atoms with van der Waals surface area (Å²) in [7, 11) is 3.82. The van der Waals surface area contributed by atoms with Gasteiger partial charge >= 0.3 is 6.18 Å². The van der Waals surface area contributed by atoms with Gasteiger partial charge in [-0.15, -0.1) is 15.3 Å². The summed E-state index contributed by atoms with van der Waals surface area (Å²) in [6.45, 7) is 2.53. The minimum atomic E-state index is -4.61. The van der Waals surface area contributed by atoms with Crippen molar-refractivity contribution in [1.82, 2.24) is 29.8 Å². The molecule has 0 spiro atoms. The molecule has 1 aliphatic rings. The molecular formula is C16H18F3N9. The molecule has 0 amide bonds. The number of aromatic nitrogens is 6. The first-order valence-corrected chi connectivity index (χ1v) is 8.62. The van der Waals surface area contributed by atoms with Crippen LogP contribution >= 0.6 is 0 Å². The van der Waals surface area contributed by atoms with Crippen molar-refractivity contribution in [3.05, 3.63) is 30.4 Å². The summed E-state index contributed by atoms with van der Waals surface area (Å²) >= 11 is 0. The average molecular weight is 393 g/mol. The summed E-state index contributed by atoms with van der Waals surface area (Å²) in [5, 5.41) is 10.8. The van der Waals surface area contributed by atoms with E-state index in [0.29, 0.717) is 32.0 Å². The smallest absolute Gasteiger partial charge is 0.363 e. The molecule has 0 saturated carbocycles. The van der Waals surface area contributed by atoms with E-state index >= 15 is 0 Å². The van der Waals surface area contributed by atoms with E-state index in [9.17, 15) is 13.2 Å². The predicted octanol–water partition coefficient (Wildman–Crippen LogP) is 1.33. The second-order valence-electron chi connectivity index (χ2n) is 6.59. The molecule has 12 heteroatoms. The van der Waals surface area contributed by atoms with E-state index in [-0.39, 0.29) is 5.65 Å². The molecule has 1 aliphatic heterocycles. The van der Waals surface area contributed by atoms with Gasteiger partial charge in [-0.3, -0.25) is 0 Å². The van der Waals surface area contributed by atoms with Crippen LogP contribution in [0.4, 0.5) is 30.6 Å². The van der Waals surface area contributed by atoms with Gasteiger partial charge in [-0.2, -0.15) is 17.7 Å². The molecule has 148 valence electrons. The van der Waals surface area contributed by atoms with Gasteiger partial charge in [0.2, 0.25) is 0 Å². The van der Waals surface area contributed by atoms with E-state index in [2.05, 4.69) is 30.2 Å². The Bertz CT molecular complexity index is 977. The average Bonchev–Trinajstić information content (AvgIpc) is 3.12. The summed E-state index contributed by atoms with van der Waals surface area (Å²) in [6.07, 6.45) is -3.09. The van der Waals surface area contributed by atoms with Gasteiger partial charge in [0.1, 0.15) is 23.8 Å². The summed E-state index contributed by atoms with van der Waals surface area (Å²) in [6, 6.07) is 5.06. The van der Waals surface area contributed by atoms with Crippen molar-refractivity contribution in [2.45, 2.75) is 6.18 Å². The Hall–Kier alpha value is -3.18. The predicted molar refractivity (Wildman–Crippen MR) is 96.6 cm³/mol. The molecular weight excluding hydrogens is 375 g/mol. The van der Waals surface area contributed by atoms with Gasteiger partial charge < -0.3 is 14.7 Å². The Morgan fingerprint density at radius 3 is 2.25 bits per heavy atom. The van der Waals surface area contributed by atoms with Gasteiger partial charge in [0.15, 0.2) is 5.65 Å². The molecule has 1 fully saturated rings. The number of alkyl halides is 3. The molecule has 0 aliphatic carbocycles. The van der Waals surface area contributed by atoms with Crippen LogP contribution in [0.15, 0.2) is 24.5 Å². The highest BCUT2D eigenvalue weighted by Gasteiger charge is 2.37. The zero-order valence-corrected chi connectivity index (χ0v) is 15.3. The van der Waals surface area contributed by atoms with Gasteiger partial charge in [0, 0.05) is 46.3 Å². The highest BCUT2D eigenvalue weighted by Crippen LogP contribution is 2.28. The normalized spacial score (nSPS) is 15.3. The van der Waals surface area contributed by atoms with Gasteiger partial charge in [-0.05, 0) is 12.1 Å². The molecule has 4 rings (SSSR count). The van der Waals surface area contributed by atoms with Gasteiger partial charge in [0.25, 0.3) is 5.82 Å². The Balaban J connectivity index is 1.51. The first-order chi connectivity index (χ1) is 13.3. The van der Waals surface area contributed by atoms with Crippen LogP contribution < -0.4 is 14.7 Å². The van der Waals surface area contributed by atoms with E-state index in [1.54, 1.807) is 6.07 Å². The third-order valence-electron chi connectivity index (χ3n) is 4.53. The van der Waals surface area contributed by atoms with Gasteiger partial charge in [-0.25, -0.2) is 9.97 Å². The van der Waals surface area contributed by atoms with Crippen LogP contribution in [0.2, 0.25) is 0 Å². The Morgan fingerprint density at radius 2 is 1.61 bits per heavy atom. The highest BCUT2D eigenvalue weighted by atomic mass is 19.4. The zero-order valence-electron chi connectivity index (χ0n) is 15.3. The van der Waals surface area contributed by atoms with Crippen molar-refractivity contribution in [3.8, 4) is 0 Å². The van der Waals surface area contributed by atoms with Crippen LogP contribution in [0, 0.1) is 0 Å². The molecule has 0 atom stereocenters. The summed E-state index contributed by atoms with van der Waals surface area (Å²) in [5.41, 5.74) is 0.0620. The van der Waals surface area contributed by atoms with E-state index < -0.39 is 12.0 Å². The first-order valence-electron chi connectivity index (χ1n) is 8.62. The molecule has 0 N–H and O–H groups in total. The number of fused-ring (bicyclic) bond motifs is 1. The summed E-state index contributed by atoms with van der Waals surface area (Å²) in [5.74, 6) is 0.959. The molecule has 3 aromatic rings. The molecule has 4 heterocycles. The fraction of sp³-hybridized carbons (Fsp3) is 0.438. The van der Waals surface area contributed by atoms with E-state index in [4.69, 9.17) is 0 Å². The Labute approximate surface area is 158 Å². The van der Waals surface area contributed by atoms with Crippen molar-refractivity contribution in [1.29, 1.82) is 0 Å². The standard InChI is InChI=1S/C16H18F3N9/c1-25(2)13-9-14(21-10-20-13)27-7-5-26(6-8-27)12-4-3-11-22-23-15(16(17,18)19)28(11)24-12/h3-4,9-10H,5-8H2,1-2H3. The number of hydrogen-bond donors (Lipinski definition) is 0. The number of anilines is 3. The third-order valence-corrected chi connectivity index (χ3v) is 4.53. The first kappa shape index (κ1) is 18.2. The van der Waals surface area contributed by atoms with Gasteiger partial charge in [-0.1, -0.05) is 0 Å². The molecule has 9 nitrogen and oxygen atoms in total. The minimum Gasteiger partial charge on any atom is -0.363 e. The maximum atomic E-state index is 13.1. The highest BCUT2D eigenvalue weighted by molar-refractivity contribution is 5.52. The van der Waals surface area contributed by atoms with Crippen molar-refractivity contribution >= 4 is 23.1 Å². The lowest BCUT2D eigenvalue weighted by molar-refractivity contribution is -0.146. The Morgan fingerprint density at radius 1 is 0.929 bits per heavy atom. The quantitative estimate of drug-likeness (QED) is 0.660. The van der Waals surface area contributed by atoms with Crippen LogP contribution in [0.5, 0.6) is 0 Å². The van der Waals surface area contributed by atoms with Crippen LogP contribution in [0.25, 0.3) is 5.65 Å². The van der Waals surface area contributed by atoms with E-state index in [1.165, 1.54) is 12.4 Å². The minimum absolute atomic E-state index is 0.0620. The maximum Gasteiger partial charge on any atom is 0.453 e. The lowest BCUT2D eigenvalue weighted by atomic mass is 10.3. The number of rotatable bonds is 3. The number of halogens is 3. The second-order valence-corrected chi connectivity index (χ2v) is 6.59. The van der Waals surface area contributed by atoms with Crippen LogP contribution in [0.1, 0.15) is 5.82 Å². The fourth-order valence-corrected chi connectivity index (χ4v) is 3.04. The SMILES string of the molecule is CN(C)c1cc(N2CCN(c3ccc4nnc(C(F)(F)F)n4n3)CC2)ncn1. The van der Waals surface area contributed by atoms with Crippen molar-refractivity contribution in [2.24, 2.45) is 0 Å². The van der Waals surface area contributed by atoms with Crippen molar-refractivity contribution in [3.63, 3.8) is 0 Å². The van der Waals surface area contributed by atoms with Crippen LogP contribution in [0.3, 0.4) is 0 Å². The van der Waals surface area contributed by atoms with Crippen molar-refractivity contribution < 1.29 is 13.2 Å². The Kier molecular flexibility index (Phi) is 4.40. The molecule has 1 saturated heterocycles. The lowest BCUT2D eigenvalue weighted by Gasteiger charge is -2.36. The molecule has 0 aromatic carbocycles. The molecule has 0 radical (unpaired) electrons. The monoisotopic (exact) mass is 393 g/mol. The topological polar surface area (TPSA) is 78.6 Å². The van der Waals surface area contributed by atoms with Crippen LogP contribution in [-0.2, 0) is 6.18 Å². The summed E-state index contributed by atoms with van der Waals surface area (Å²) < 4.78 is 39.9.